The molecule has 5 aromatic rings. The Morgan fingerprint density at radius 1 is 0.931 bits per heavy atom. The number of hydrogen-bond donors (Lipinski definition) is 5. The second kappa shape index (κ2) is 16.6. The van der Waals surface area contributed by atoms with Crippen molar-refractivity contribution in [3.05, 3.63) is 83.3 Å². The fourth-order valence-electron chi connectivity index (χ4n) is 8.21. The first kappa shape index (κ1) is 38.5. The van der Waals surface area contributed by atoms with E-state index in [1.54, 1.807) is 35.1 Å². The average Bonchev–Trinajstić information content (AvgIpc) is 3.98. The van der Waals surface area contributed by atoms with Gasteiger partial charge in [0.15, 0.2) is 0 Å². The Morgan fingerprint density at radius 3 is 2.62 bits per heavy atom. The fraction of sp³-hybridized carbons (Fsp3) is 0.381. The maximum absolute atomic E-state index is 13.3. The lowest BCUT2D eigenvalue weighted by molar-refractivity contribution is -0.136. The van der Waals surface area contributed by atoms with E-state index in [1.165, 1.54) is 0 Å². The molecule has 2 saturated heterocycles. The molecule has 3 aliphatic heterocycles. The number of carbonyl (C=O) groups is 6. The molecule has 2 atom stereocenters. The van der Waals surface area contributed by atoms with Crippen LogP contribution >= 0.6 is 0 Å². The highest BCUT2D eigenvalue weighted by Crippen LogP contribution is 2.32. The van der Waals surface area contributed by atoms with E-state index in [-0.39, 0.29) is 41.7 Å². The van der Waals surface area contributed by atoms with Gasteiger partial charge < -0.3 is 20.9 Å². The number of fused-ring (bicyclic) bond motifs is 3. The lowest BCUT2D eigenvalue weighted by Gasteiger charge is -2.27. The third-order valence-electron chi connectivity index (χ3n) is 11.2. The molecule has 58 heavy (non-hydrogen) atoms. The van der Waals surface area contributed by atoms with E-state index < -0.39 is 29.7 Å². The third kappa shape index (κ3) is 8.18. The molecule has 2 unspecified atom stereocenters. The van der Waals surface area contributed by atoms with Gasteiger partial charge in [0, 0.05) is 61.8 Å². The van der Waals surface area contributed by atoms with Gasteiger partial charge in [0.25, 0.3) is 17.7 Å². The Balaban J connectivity index is 0.716. The predicted octanol–water partition coefficient (Wildman–Crippen LogP) is 4.10. The number of carbonyl (C=O) groups excluding carboxylic acids is 6. The highest BCUT2D eigenvalue weighted by Gasteiger charge is 2.45. The number of amides is 6. The first-order valence-corrected chi connectivity index (χ1v) is 19.9. The monoisotopic (exact) mass is 786 g/mol. The van der Waals surface area contributed by atoms with Gasteiger partial charge in [0.2, 0.25) is 17.7 Å². The summed E-state index contributed by atoms with van der Waals surface area (Å²) in [5.74, 6) is -1.10. The number of piperidine rings is 1. The number of hydrogen-bond acceptors (Lipinski definition) is 10. The Labute approximate surface area is 334 Å². The van der Waals surface area contributed by atoms with Crippen molar-refractivity contribution in [3.63, 3.8) is 0 Å². The van der Waals surface area contributed by atoms with Crippen LogP contribution in [-0.2, 0) is 28.0 Å². The lowest BCUT2D eigenvalue weighted by Crippen LogP contribution is -2.54. The van der Waals surface area contributed by atoms with Crippen LogP contribution in [0.25, 0.3) is 21.9 Å². The Morgan fingerprint density at radius 2 is 1.78 bits per heavy atom. The summed E-state index contributed by atoms with van der Waals surface area (Å²) in [7, 11) is 1.87. The van der Waals surface area contributed by atoms with Gasteiger partial charge in [-0.3, -0.25) is 48.6 Å². The minimum atomic E-state index is -0.999. The van der Waals surface area contributed by atoms with Gasteiger partial charge in [-0.2, -0.15) is 5.10 Å². The van der Waals surface area contributed by atoms with Crippen molar-refractivity contribution >= 4 is 68.8 Å². The summed E-state index contributed by atoms with van der Waals surface area (Å²) < 4.78 is 1.77. The molecule has 0 spiro atoms. The van der Waals surface area contributed by atoms with E-state index in [4.69, 9.17) is 4.98 Å². The average molecular weight is 787 g/mol. The number of nitrogens with one attached hydrogen (secondary N) is 5. The number of benzene rings is 3. The lowest BCUT2D eigenvalue weighted by atomic mass is 10.0. The first-order valence-electron chi connectivity index (χ1n) is 19.9. The number of aromatic amines is 1. The van der Waals surface area contributed by atoms with Crippen molar-refractivity contribution in [3.8, 4) is 0 Å². The molecule has 0 bridgehead atoms. The summed E-state index contributed by atoms with van der Waals surface area (Å²) in [6.07, 6.45) is 6.91. The molecular formula is C42H46N10O6. The van der Waals surface area contributed by atoms with Crippen molar-refractivity contribution in [2.24, 2.45) is 13.0 Å². The summed E-state index contributed by atoms with van der Waals surface area (Å²) in [6, 6.07) is 15.2. The highest BCUT2D eigenvalue weighted by molar-refractivity contribution is 6.25. The van der Waals surface area contributed by atoms with Crippen molar-refractivity contribution < 1.29 is 28.8 Å². The standard InChI is InChI=1S/C42H46N10O6/c1-50-33-12-9-26(20-27(33)22-45-50)39(55)46-28-10-11-30-32(21-28)48-35(47-30)24-51-18-15-25(23-51)19-37(54)44-17-5-3-2-4-16-43-31-8-6-7-29-38(31)42(58)52(41(29)57)34-13-14-36(53)49-40(34)56/h6-12,20-22,25,34,43H,2-5,13-19,23-24H2,1H3,(H,44,54)(H,46,55)(H,47,48)(H,49,53,56). The molecule has 2 fully saturated rings. The van der Waals surface area contributed by atoms with Crippen LogP contribution in [-0.4, -0.2) is 97.2 Å². The van der Waals surface area contributed by atoms with E-state index in [0.717, 1.165) is 77.9 Å². The molecule has 5 heterocycles. The largest absolute Gasteiger partial charge is 0.384 e. The zero-order valence-corrected chi connectivity index (χ0v) is 32.3. The number of anilines is 2. The molecule has 0 saturated carbocycles. The summed E-state index contributed by atoms with van der Waals surface area (Å²) in [6.45, 7) is 3.57. The molecule has 2 aromatic heterocycles. The Bertz CT molecular complexity index is 2440. The van der Waals surface area contributed by atoms with E-state index in [9.17, 15) is 28.8 Å². The molecule has 16 nitrogen and oxygen atoms in total. The number of imidazole rings is 1. The SMILES string of the molecule is Cn1ncc2cc(C(=O)Nc3ccc4[nH]c(CN5CCC(CC(=O)NCCCCCCNc6cccc7c6C(=O)N(C6CCC(=O)NC6=O)C7=O)C5)nc4c3)ccc21. The van der Waals surface area contributed by atoms with E-state index in [2.05, 4.69) is 36.2 Å². The molecule has 8 rings (SSSR count). The number of unbranched alkanes of at least 4 members (excludes halogenated alkanes) is 3. The molecule has 0 radical (unpaired) electrons. The predicted molar refractivity (Wildman–Crippen MR) is 216 cm³/mol. The second-order valence-electron chi connectivity index (χ2n) is 15.4. The number of aryl methyl sites for hydroxylation is 1. The summed E-state index contributed by atoms with van der Waals surface area (Å²) in [4.78, 5) is 87.5. The quantitative estimate of drug-likeness (QED) is 0.0760. The topological polar surface area (TPSA) is 204 Å². The highest BCUT2D eigenvalue weighted by atomic mass is 16.2. The van der Waals surface area contributed by atoms with Gasteiger partial charge in [-0.15, -0.1) is 0 Å². The number of imide groups is 2. The first-order chi connectivity index (χ1) is 28.1. The Kier molecular flexibility index (Phi) is 11.0. The van der Waals surface area contributed by atoms with Gasteiger partial charge in [0.1, 0.15) is 11.9 Å². The van der Waals surface area contributed by atoms with Crippen molar-refractivity contribution in [2.45, 2.75) is 64.0 Å². The van der Waals surface area contributed by atoms with Gasteiger partial charge in [-0.1, -0.05) is 18.9 Å². The number of H-pyrrole nitrogens is 1. The zero-order valence-electron chi connectivity index (χ0n) is 32.3. The molecule has 3 aliphatic rings. The molecule has 0 aliphatic carbocycles. The van der Waals surface area contributed by atoms with Crippen LogP contribution < -0.4 is 21.3 Å². The van der Waals surface area contributed by atoms with Crippen LogP contribution in [0.2, 0.25) is 0 Å². The molecule has 6 amide bonds. The maximum atomic E-state index is 13.3. The summed E-state index contributed by atoms with van der Waals surface area (Å²) in [5.41, 5.74) is 4.91. The normalized spacial score (nSPS) is 18.3. The molecule has 16 heteroatoms. The summed E-state index contributed by atoms with van der Waals surface area (Å²) in [5, 5.41) is 16.7. The minimum absolute atomic E-state index is 0.0654. The van der Waals surface area contributed by atoms with Gasteiger partial charge >= 0.3 is 0 Å². The van der Waals surface area contributed by atoms with E-state index in [0.29, 0.717) is 43.0 Å². The van der Waals surface area contributed by atoms with Crippen LogP contribution in [0.5, 0.6) is 0 Å². The molecule has 3 aromatic carbocycles. The minimum Gasteiger partial charge on any atom is -0.384 e. The number of nitrogens with zero attached hydrogens (tertiary/aromatic N) is 5. The number of aromatic nitrogens is 4. The fourth-order valence-corrected chi connectivity index (χ4v) is 8.21. The van der Waals surface area contributed by atoms with Crippen LogP contribution in [0, 0.1) is 5.92 Å². The molecule has 300 valence electrons. The van der Waals surface area contributed by atoms with E-state index in [1.807, 2.05) is 37.4 Å². The van der Waals surface area contributed by atoms with Gasteiger partial charge in [-0.25, -0.2) is 4.98 Å². The molecule has 5 N–H and O–H groups in total. The van der Waals surface area contributed by atoms with Crippen molar-refractivity contribution in [1.29, 1.82) is 0 Å². The third-order valence-corrected chi connectivity index (χ3v) is 11.2. The van der Waals surface area contributed by atoms with Gasteiger partial charge in [0.05, 0.1) is 40.4 Å². The van der Waals surface area contributed by atoms with Crippen LogP contribution in [0.15, 0.2) is 60.8 Å². The van der Waals surface area contributed by atoms with E-state index >= 15 is 0 Å². The van der Waals surface area contributed by atoms with Crippen molar-refractivity contribution in [1.82, 2.24) is 40.2 Å². The maximum Gasteiger partial charge on any atom is 0.264 e. The van der Waals surface area contributed by atoms with Crippen LogP contribution in [0.4, 0.5) is 11.4 Å². The smallest absolute Gasteiger partial charge is 0.264 e. The van der Waals surface area contributed by atoms with Crippen LogP contribution in [0.1, 0.15) is 88.3 Å². The van der Waals surface area contributed by atoms with Crippen molar-refractivity contribution in [2.75, 3.05) is 36.8 Å². The van der Waals surface area contributed by atoms with Crippen LogP contribution in [0.3, 0.4) is 0 Å². The van der Waals surface area contributed by atoms with Gasteiger partial charge in [-0.05, 0) is 86.7 Å². The number of rotatable bonds is 15. The Hall–Kier alpha value is -6.42. The zero-order chi connectivity index (χ0) is 40.3. The second-order valence-corrected chi connectivity index (χ2v) is 15.4. The number of likely N-dealkylation sites (tertiary alicyclic amines) is 1. The summed E-state index contributed by atoms with van der Waals surface area (Å²) >= 11 is 0. The molecular weight excluding hydrogens is 741 g/mol.